The number of benzene rings is 3. The van der Waals surface area contributed by atoms with Crippen molar-refractivity contribution in [3.63, 3.8) is 0 Å². The second-order valence-electron chi connectivity index (χ2n) is 7.35. The Morgan fingerprint density at radius 2 is 1.34 bits per heavy atom. The van der Waals surface area contributed by atoms with Crippen molar-refractivity contribution in [2.75, 3.05) is 26.2 Å². The van der Waals surface area contributed by atoms with E-state index in [0.717, 1.165) is 44.0 Å². The molecule has 1 fully saturated rings. The molecule has 0 bridgehead atoms. The van der Waals surface area contributed by atoms with Crippen LogP contribution in [0.1, 0.15) is 21.5 Å². The second-order valence-corrected chi connectivity index (χ2v) is 8.40. The van der Waals surface area contributed by atoms with E-state index in [4.69, 9.17) is 0 Å². The van der Waals surface area contributed by atoms with Crippen LogP contribution < -0.4 is 0 Å². The molecule has 3 aromatic carbocycles. The molecule has 29 heavy (non-hydrogen) atoms. The molecule has 0 atom stereocenters. The van der Waals surface area contributed by atoms with Crippen LogP contribution in [0.4, 0.5) is 0 Å². The Labute approximate surface area is 177 Å². The van der Waals surface area contributed by atoms with Crippen LogP contribution in [0.2, 0.25) is 0 Å². The fourth-order valence-electron chi connectivity index (χ4n) is 3.56. The van der Waals surface area contributed by atoms with Crippen LogP contribution in [0.25, 0.3) is 0 Å². The average Bonchev–Trinajstić information content (AvgIpc) is 2.79. The maximum absolute atomic E-state index is 12.9. The summed E-state index contributed by atoms with van der Waals surface area (Å²) >= 11 is 1.82. The molecule has 3 aromatic rings. The normalized spacial score (nSPS) is 14.7. The van der Waals surface area contributed by atoms with E-state index in [0.29, 0.717) is 0 Å². The van der Waals surface area contributed by atoms with Crippen molar-refractivity contribution < 1.29 is 4.79 Å². The van der Waals surface area contributed by atoms with Gasteiger partial charge in [-0.2, -0.15) is 0 Å². The number of carbonyl (C=O) groups is 1. The highest BCUT2D eigenvalue weighted by Gasteiger charge is 2.22. The zero-order valence-corrected chi connectivity index (χ0v) is 17.4. The average molecular weight is 403 g/mol. The largest absolute Gasteiger partial charge is 0.336 e. The van der Waals surface area contributed by atoms with Gasteiger partial charge in [-0.15, -0.1) is 11.8 Å². The topological polar surface area (TPSA) is 23.6 Å². The van der Waals surface area contributed by atoms with Crippen LogP contribution in [0.15, 0.2) is 89.8 Å². The lowest BCUT2D eigenvalue weighted by molar-refractivity contribution is 0.0628. The number of hydrogen-bond acceptors (Lipinski definition) is 3. The van der Waals surface area contributed by atoms with Crippen molar-refractivity contribution in [2.24, 2.45) is 0 Å². The quantitative estimate of drug-likeness (QED) is 0.546. The monoisotopic (exact) mass is 402 g/mol. The van der Waals surface area contributed by atoms with Gasteiger partial charge >= 0.3 is 0 Å². The van der Waals surface area contributed by atoms with Gasteiger partial charge < -0.3 is 4.90 Å². The fraction of sp³-hybridized carbons (Fsp3) is 0.240. The van der Waals surface area contributed by atoms with E-state index >= 15 is 0 Å². The first kappa shape index (κ1) is 19.7. The lowest BCUT2D eigenvalue weighted by Crippen LogP contribution is -2.48. The van der Waals surface area contributed by atoms with E-state index in [9.17, 15) is 4.79 Å². The van der Waals surface area contributed by atoms with E-state index in [-0.39, 0.29) is 5.91 Å². The third kappa shape index (κ3) is 5.49. The Hall–Kier alpha value is -2.56. The fourth-order valence-corrected chi connectivity index (χ4v) is 4.44. The molecule has 1 saturated heterocycles. The van der Waals surface area contributed by atoms with E-state index in [1.54, 1.807) is 0 Å². The molecule has 1 heterocycles. The molecule has 0 spiro atoms. The summed E-state index contributed by atoms with van der Waals surface area (Å²) in [5.41, 5.74) is 3.36. The molecule has 1 amide bonds. The summed E-state index contributed by atoms with van der Waals surface area (Å²) in [4.78, 5) is 18.5. The maximum atomic E-state index is 12.9. The minimum Gasteiger partial charge on any atom is -0.336 e. The van der Waals surface area contributed by atoms with Crippen LogP contribution in [0.3, 0.4) is 0 Å². The zero-order chi connectivity index (χ0) is 19.9. The summed E-state index contributed by atoms with van der Waals surface area (Å²) in [6.07, 6.45) is 0. The summed E-state index contributed by atoms with van der Waals surface area (Å²) in [6.45, 7) is 4.38. The highest BCUT2D eigenvalue weighted by Crippen LogP contribution is 2.22. The summed E-state index contributed by atoms with van der Waals surface area (Å²) < 4.78 is 0. The molecular weight excluding hydrogens is 376 g/mol. The number of rotatable bonds is 6. The van der Waals surface area contributed by atoms with Gasteiger partial charge in [-0.3, -0.25) is 9.69 Å². The molecule has 4 rings (SSSR count). The van der Waals surface area contributed by atoms with Crippen LogP contribution in [0, 0.1) is 0 Å². The van der Waals surface area contributed by atoms with E-state index in [2.05, 4.69) is 65.6 Å². The first-order valence-corrected chi connectivity index (χ1v) is 11.1. The third-order valence-electron chi connectivity index (χ3n) is 5.26. The number of hydrogen-bond donors (Lipinski definition) is 0. The van der Waals surface area contributed by atoms with Gasteiger partial charge in [-0.1, -0.05) is 60.7 Å². The minimum absolute atomic E-state index is 0.145. The van der Waals surface area contributed by atoms with Gasteiger partial charge in [0.15, 0.2) is 0 Å². The van der Waals surface area contributed by atoms with Gasteiger partial charge in [0, 0.05) is 48.9 Å². The Bertz CT molecular complexity index is 905. The van der Waals surface area contributed by atoms with Gasteiger partial charge in [-0.25, -0.2) is 0 Å². The van der Waals surface area contributed by atoms with Gasteiger partial charge in [0.1, 0.15) is 0 Å². The molecule has 148 valence electrons. The molecule has 4 heteroatoms. The molecule has 0 aliphatic carbocycles. The van der Waals surface area contributed by atoms with Crippen molar-refractivity contribution in [1.82, 2.24) is 9.80 Å². The summed E-state index contributed by atoms with van der Waals surface area (Å²) in [5.74, 6) is 1.06. The van der Waals surface area contributed by atoms with Gasteiger partial charge in [0.2, 0.25) is 0 Å². The van der Waals surface area contributed by atoms with Gasteiger partial charge in [0.25, 0.3) is 5.91 Å². The number of piperazine rings is 1. The van der Waals surface area contributed by atoms with Crippen molar-refractivity contribution >= 4 is 17.7 Å². The smallest absolute Gasteiger partial charge is 0.253 e. The van der Waals surface area contributed by atoms with Crippen LogP contribution in [-0.4, -0.2) is 41.9 Å². The van der Waals surface area contributed by atoms with Crippen molar-refractivity contribution in [3.05, 3.63) is 102 Å². The lowest BCUT2D eigenvalue weighted by Gasteiger charge is -2.34. The summed E-state index contributed by atoms with van der Waals surface area (Å²) in [5, 5.41) is 0. The van der Waals surface area contributed by atoms with Gasteiger partial charge in [0.05, 0.1) is 0 Å². The van der Waals surface area contributed by atoms with Crippen molar-refractivity contribution in [2.45, 2.75) is 17.2 Å². The number of carbonyl (C=O) groups excluding carboxylic acids is 1. The van der Waals surface area contributed by atoms with E-state index in [1.807, 2.05) is 40.9 Å². The van der Waals surface area contributed by atoms with E-state index in [1.165, 1.54) is 16.0 Å². The van der Waals surface area contributed by atoms with Crippen molar-refractivity contribution in [3.8, 4) is 0 Å². The predicted molar refractivity (Wildman–Crippen MR) is 120 cm³/mol. The van der Waals surface area contributed by atoms with Crippen LogP contribution >= 0.6 is 11.8 Å². The SMILES string of the molecule is O=C(c1ccc(CSc2ccccc2)cc1)N1CCN(Cc2ccccc2)CC1. The van der Waals surface area contributed by atoms with Crippen LogP contribution in [-0.2, 0) is 12.3 Å². The number of nitrogens with zero attached hydrogens (tertiary/aromatic N) is 2. The molecule has 0 aromatic heterocycles. The molecule has 1 aliphatic rings. The standard InChI is InChI=1S/C25H26N2OS/c28-25(27-17-15-26(16-18-27)19-21-7-3-1-4-8-21)23-13-11-22(12-14-23)20-29-24-9-5-2-6-10-24/h1-14H,15-20H2. The number of thioether (sulfide) groups is 1. The number of amides is 1. The Balaban J connectivity index is 1.27. The molecule has 0 radical (unpaired) electrons. The first-order valence-electron chi connectivity index (χ1n) is 10.1. The molecular formula is C25H26N2OS. The lowest BCUT2D eigenvalue weighted by atomic mass is 10.1. The highest BCUT2D eigenvalue weighted by molar-refractivity contribution is 7.98. The summed E-state index contributed by atoms with van der Waals surface area (Å²) in [6, 6.07) is 29.0. The molecule has 0 saturated carbocycles. The van der Waals surface area contributed by atoms with Crippen LogP contribution in [0.5, 0.6) is 0 Å². The maximum Gasteiger partial charge on any atom is 0.253 e. The molecule has 0 N–H and O–H groups in total. The Morgan fingerprint density at radius 3 is 2.00 bits per heavy atom. The van der Waals surface area contributed by atoms with Gasteiger partial charge in [-0.05, 0) is 35.4 Å². The zero-order valence-electron chi connectivity index (χ0n) is 16.5. The van der Waals surface area contributed by atoms with E-state index < -0.39 is 0 Å². The third-order valence-corrected chi connectivity index (χ3v) is 6.34. The Morgan fingerprint density at radius 1 is 0.724 bits per heavy atom. The molecule has 3 nitrogen and oxygen atoms in total. The molecule has 1 aliphatic heterocycles. The summed E-state index contributed by atoms with van der Waals surface area (Å²) in [7, 11) is 0. The Kier molecular flexibility index (Phi) is 6.65. The second kappa shape index (κ2) is 9.77. The first-order chi connectivity index (χ1) is 14.3. The predicted octanol–water partition coefficient (Wildman–Crippen LogP) is 4.94. The minimum atomic E-state index is 0.145. The molecule has 0 unspecified atom stereocenters. The highest BCUT2D eigenvalue weighted by atomic mass is 32.2. The van der Waals surface area contributed by atoms with Crippen molar-refractivity contribution in [1.29, 1.82) is 0 Å².